The largest absolute Gasteiger partial charge is 0.619 e. The molecule has 1 aliphatic rings. The van der Waals surface area contributed by atoms with Gasteiger partial charge in [0.1, 0.15) is 6.04 Å². The summed E-state index contributed by atoms with van der Waals surface area (Å²) in [7, 11) is 9.68. The molecule has 6 atom stereocenters. The van der Waals surface area contributed by atoms with E-state index < -0.39 is 47.9 Å². The Morgan fingerprint density at radius 1 is 0.964 bits per heavy atom. The highest BCUT2D eigenvalue weighted by Crippen LogP contribution is 2.26. The van der Waals surface area contributed by atoms with Crippen molar-refractivity contribution in [2.45, 2.75) is 88.0 Å². The normalized spacial score (nSPS) is 17.7. The van der Waals surface area contributed by atoms with Gasteiger partial charge in [-0.1, -0.05) is 42.6 Å². The standard InChI is InChI=1S/C39H58ClN7O8/c1-44(2)20-18-31(41)37(50)43-33(25-54-5)39(52)45(3)30(21-26-14-16-28(40)17-15-26)24-35(48)42-32-12-7-8-13-34(32)46(4)38(51)27(23-36(49)55-6)22-29-11-9-10-19-47(29)53/h9-11,14-17,19,27,30-34H,7-8,12-13,18,20-25,41H2,1-6H3,(H,42,48)(H,43,50)/t27-,30+,31+,32+,33+,34+/m1/s1. The maximum absolute atomic E-state index is 14.0. The second-order valence-electron chi connectivity index (χ2n) is 14.5. The molecule has 4 amide bonds. The van der Waals surface area contributed by atoms with E-state index in [0.717, 1.165) is 18.4 Å². The monoisotopic (exact) mass is 787 g/mol. The van der Waals surface area contributed by atoms with Crippen LogP contribution in [0.25, 0.3) is 0 Å². The Morgan fingerprint density at radius 3 is 2.29 bits per heavy atom. The van der Waals surface area contributed by atoms with Crippen molar-refractivity contribution in [3.8, 4) is 0 Å². The molecule has 304 valence electrons. The molecule has 1 aliphatic carbocycles. The summed E-state index contributed by atoms with van der Waals surface area (Å²) in [6.45, 7) is 0.486. The number of aromatic nitrogens is 1. The number of rotatable bonds is 20. The predicted molar refractivity (Wildman–Crippen MR) is 207 cm³/mol. The molecule has 55 heavy (non-hydrogen) atoms. The molecule has 1 heterocycles. The lowest BCUT2D eigenvalue weighted by atomic mass is 9.87. The molecule has 3 rings (SSSR count). The van der Waals surface area contributed by atoms with Gasteiger partial charge in [0.2, 0.25) is 23.6 Å². The minimum atomic E-state index is -1.05. The fraction of sp³-hybridized carbons (Fsp3) is 0.590. The van der Waals surface area contributed by atoms with Crippen LogP contribution in [-0.4, -0.2) is 130 Å². The third-order valence-corrected chi connectivity index (χ3v) is 10.4. The van der Waals surface area contributed by atoms with Crippen LogP contribution in [0, 0.1) is 11.1 Å². The summed E-state index contributed by atoms with van der Waals surface area (Å²) in [4.78, 5) is 72.2. The number of methoxy groups -OCH3 is 2. The number of halogens is 1. The molecule has 0 aliphatic heterocycles. The van der Waals surface area contributed by atoms with Gasteiger partial charge < -0.3 is 45.7 Å². The molecule has 1 saturated carbocycles. The van der Waals surface area contributed by atoms with Crippen LogP contribution in [0.2, 0.25) is 5.02 Å². The number of nitrogens with two attached hydrogens (primary N) is 1. The minimum Gasteiger partial charge on any atom is -0.619 e. The number of nitrogens with one attached hydrogen (secondary N) is 2. The minimum absolute atomic E-state index is 0.0334. The lowest BCUT2D eigenvalue weighted by Crippen LogP contribution is -2.57. The molecule has 0 saturated heterocycles. The van der Waals surface area contributed by atoms with E-state index >= 15 is 0 Å². The number of hydrogen-bond donors (Lipinski definition) is 3. The Labute approximate surface area is 329 Å². The highest BCUT2D eigenvalue weighted by Gasteiger charge is 2.37. The Bertz CT molecular complexity index is 1580. The quantitative estimate of drug-likeness (QED) is 0.101. The topological polar surface area (TPSA) is 191 Å². The number of likely N-dealkylation sites (N-methyl/N-ethyl adjacent to an activating group) is 2. The van der Waals surface area contributed by atoms with E-state index in [0.29, 0.717) is 47.7 Å². The van der Waals surface area contributed by atoms with Gasteiger partial charge in [-0.2, -0.15) is 4.73 Å². The zero-order valence-corrected chi connectivity index (χ0v) is 33.6. The molecule has 1 aromatic heterocycles. The Balaban J connectivity index is 1.80. The number of amides is 4. The van der Waals surface area contributed by atoms with Crippen molar-refractivity contribution in [1.82, 2.24) is 25.3 Å². The SMILES string of the molecule is COC[C@H](NC(=O)[C@@H](N)CCN(C)C)C(=O)N(C)[C@H](CC(=O)N[C@H]1CCCC[C@@H]1N(C)C(=O)[C@@H](CC(=O)OC)Cc1cccc[n+]1[O-])Cc1ccc(Cl)cc1. The van der Waals surface area contributed by atoms with Crippen LogP contribution in [-0.2, 0) is 46.3 Å². The molecule has 4 N–H and O–H groups in total. The number of ether oxygens (including phenoxy) is 2. The van der Waals surface area contributed by atoms with E-state index in [1.165, 1.54) is 25.3 Å². The average molecular weight is 788 g/mol. The third-order valence-electron chi connectivity index (χ3n) is 10.1. The fourth-order valence-electron chi connectivity index (χ4n) is 6.89. The van der Waals surface area contributed by atoms with E-state index in [9.17, 15) is 29.2 Å². The van der Waals surface area contributed by atoms with E-state index in [4.69, 9.17) is 26.8 Å². The van der Waals surface area contributed by atoms with E-state index in [1.807, 2.05) is 31.1 Å². The fourth-order valence-corrected chi connectivity index (χ4v) is 7.02. The van der Waals surface area contributed by atoms with Crippen molar-refractivity contribution in [1.29, 1.82) is 0 Å². The second-order valence-corrected chi connectivity index (χ2v) is 15.0. The van der Waals surface area contributed by atoms with Crippen LogP contribution in [0.4, 0.5) is 0 Å². The van der Waals surface area contributed by atoms with Gasteiger partial charge in [-0.05, 0) is 64.0 Å². The molecule has 0 unspecified atom stereocenters. The highest BCUT2D eigenvalue weighted by molar-refractivity contribution is 6.30. The Hall–Kier alpha value is -4.31. The zero-order valence-electron chi connectivity index (χ0n) is 32.9. The molecule has 1 fully saturated rings. The first-order valence-electron chi connectivity index (χ1n) is 18.7. The molecule has 15 nitrogen and oxygen atoms in total. The average Bonchev–Trinajstić information content (AvgIpc) is 3.16. The summed E-state index contributed by atoms with van der Waals surface area (Å²) < 4.78 is 10.9. The third kappa shape index (κ3) is 14.0. The van der Waals surface area contributed by atoms with Crippen LogP contribution in [0.15, 0.2) is 48.7 Å². The summed E-state index contributed by atoms with van der Waals surface area (Å²) in [5.41, 5.74) is 7.31. The van der Waals surface area contributed by atoms with E-state index in [-0.39, 0.29) is 43.7 Å². The molecular formula is C39H58ClN7O8. The van der Waals surface area contributed by atoms with Gasteiger partial charge in [0.25, 0.3) is 0 Å². The van der Waals surface area contributed by atoms with Crippen molar-refractivity contribution in [3.05, 3.63) is 70.1 Å². The zero-order chi connectivity index (χ0) is 40.7. The van der Waals surface area contributed by atoms with Crippen LogP contribution in [0.3, 0.4) is 0 Å². The Kier molecular flexibility index (Phi) is 18.3. The second kappa shape index (κ2) is 22.3. The van der Waals surface area contributed by atoms with Gasteiger partial charge >= 0.3 is 5.97 Å². The van der Waals surface area contributed by atoms with Crippen molar-refractivity contribution in [3.63, 3.8) is 0 Å². The molecule has 2 aromatic rings. The van der Waals surface area contributed by atoms with E-state index in [1.54, 1.807) is 49.3 Å². The summed E-state index contributed by atoms with van der Waals surface area (Å²) in [6, 6.07) is 8.73. The number of esters is 1. The Morgan fingerprint density at radius 2 is 1.65 bits per heavy atom. The first-order chi connectivity index (χ1) is 26.1. The van der Waals surface area contributed by atoms with Crippen molar-refractivity contribution in [2.75, 3.05) is 55.6 Å². The molecular weight excluding hydrogens is 730 g/mol. The number of benzene rings is 1. The molecule has 0 spiro atoms. The molecule has 0 bridgehead atoms. The van der Waals surface area contributed by atoms with Crippen LogP contribution in [0.5, 0.6) is 0 Å². The van der Waals surface area contributed by atoms with Crippen molar-refractivity contribution in [2.24, 2.45) is 11.7 Å². The van der Waals surface area contributed by atoms with Crippen molar-refractivity contribution < 1.29 is 38.2 Å². The van der Waals surface area contributed by atoms with Gasteiger partial charge in [0.15, 0.2) is 11.9 Å². The summed E-state index contributed by atoms with van der Waals surface area (Å²) in [5.74, 6) is -3.01. The summed E-state index contributed by atoms with van der Waals surface area (Å²) in [5, 5.41) is 18.9. The smallest absolute Gasteiger partial charge is 0.306 e. The number of pyridine rings is 1. The lowest BCUT2D eigenvalue weighted by Gasteiger charge is -2.40. The molecule has 0 radical (unpaired) electrons. The van der Waals surface area contributed by atoms with Crippen LogP contribution >= 0.6 is 11.6 Å². The lowest BCUT2D eigenvalue weighted by molar-refractivity contribution is -0.614. The van der Waals surface area contributed by atoms with Crippen LogP contribution in [0.1, 0.15) is 56.2 Å². The first-order valence-corrected chi connectivity index (χ1v) is 19.0. The number of carbonyl (C=O) groups is 5. The van der Waals surface area contributed by atoms with E-state index in [2.05, 4.69) is 10.6 Å². The van der Waals surface area contributed by atoms with Crippen molar-refractivity contribution >= 4 is 41.2 Å². The highest BCUT2D eigenvalue weighted by atomic mass is 35.5. The predicted octanol–water partition coefficient (Wildman–Crippen LogP) is 1.45. The van der Waals surface area contributed by atoms with Crippen LogP contribution < -0.4 is 21.1 Å². The maximum atomic E-state index is 14.0. The number of carbonyl (C=O) groups excluding carboxylic acids is 5. The maximum Gasteiger partial charge on any atom is 0.306 e. The first kappa shape index (κ1) is 45.1. The van der Waals surface area contributed by atoms with Gasteiger partial charge in [-0.25, -0.2) is 0 Å². The summed E-state index contributed by atoms with van der Waals surface area (Å²) >= 11 is 6.14. The van der Waals surface area contributed by atoms with Gasteiger partial charge in [-0.3, -0.25) is 24.0 Å². The summed E-state index contributed by atoms with van der Waals surface area (Å²) in [6.07, 6.45) is 4.68. The van der Waals surface area contributed by atoms with Gasteiger partial charge in [0, 0.05) is 63.3 Å². The number of nitrogens with zero attached hydrogens (tertiary/aromatic N) is 4. The molecule has 1 aromatic carbocycles. The van der Waals surface area contributed by atoms with Gasteiger partial charge in [0.05, 0.1) is 38.1 Å². The number of hydrogen-bond acceptors (Lipinski definition) is 10. The molecule has 16 heteroatoms. The van der Waals surface area contributed by atoms with Gasteiger partial charge in [-0.15, -0.1) is 0 Å².